The van der Waals surface area contributed by atoms with E-state index in [1.54, 1.807) is 7.05 Å². The SMILES string of the molecule is CCN(c1ccc(C)cc1)S(=O)(=O)c1ccnc(NC)c1. The van der Waals surface area contributed by atoms with Crippen LogP contribution in [0.5, 0.6) is 0 Å². The smallest absolute Gasteiger partial charge is 0.264 e. The van der Waals surface area contributed by atoms with Crippen molar-refractivity contribution in [2.24, 2.45) is 0 Å². The second-order valence-corrected chi connectivity index (χ2v) is 6.49. The lowest BCUT2D eigenvalue weighted by Crippen LogP contribution is -2.30. The predicted molar refractivity (Wildman–Crippen MR) is 85.2 cm³/mol. The number of rotatable bonds is 5. The molecule has 112 valence electrons. The molecule has 0 unspecified atom stereocenters. The van der Waals surface area contributed by atoms with E-state index in [0.29, 0.717) is 18.1 Å². The molecule has 2 rings (SSSR count). The topological polar surface area (TPSA) is 62.3 Å². The van der Waals surface area contributed by atoms with Gasteiger partial charge in [-0.3, -0.25) is 4.31 Å². The van der Waals surface area contributed by atoms with Crippen LogP contribution in [0.3, 0.4) is 0 Å². The van der Waals surface area contributed by atoms with Crippen molar-refractivity contribution in [1.29, 1.82) is 0 Å². The summed E-state index contributed by atoms with van der Waals surface area (Å²) < 4.78 is 27.0. The Morgan fingerprint density at radius 2 is 1.86 bits per heavy atom. The summed E-state index contributed by atoms with van der Waals surface area (Å²) in [6, 6.07) is 10.5. The highest BCUT2D eigenvalue weighted by atomic mass is 32.2. The van der Waals surface area contributed by atoms with Crippen molar-refractivity contribution in [1.82, 2.24) is 4.98 Å². The Hall–Kier alpha value is -2.08. The Morgan fingerprint density at radius 3 is 2.43 bits per heavy atom. The number of benzene rings is 1. The Bertz CT molecular complexity index is 712. The number of nitrogens with one attached hydrogen (secondary N) is 1. The van der Waals surface area contributed by atoms with Crippen LogP contribution in [0.15, 0.2) is 47.5 Å². The summed E-state index contributed by atoms with van der Waals surface area (Å²) in [4.78, 5) is 4.27. The maximum Gasteiger partial charge on any atom is 0.264 e. The van der Waals surface area contributed by atoms with E-state index >= 15 is 0 Å². The molecule has 0 radical (unpaired) electrons. The van der Waals surface area contributed by atoms with Gasteiger partial charge in [0.05, 0.1) is 10.6 Å². The van der Waals surface area contributed by atoms with Gasteiger partial charge in [-0.05, 0) is 32.0 Å². The Kier molecular flexibility index (Phi) is 4.47. The van der Waals surface area contributed by atoms with E-state index in [4.69, 9.17) is 0 Å². The second-order valence-electron chi connectivity index (χ2n) is 4.63. The number of anilines is 2. The van der Waals surface area contributed by atoms with Crippen LogP contribution < -0.4 is 9.62 Å². The summed E-state index contributed by atoms with van der Waals surface area (Å²) in [5, 5.41) is 2.85. The molecular weight excluding hydrogens is 286 g/mol. The molecule has 21 heavy (non-hydrogen) atoms. The zero-order valence-electron chi connectivity index (χ0n) is 12.4. The van der Waals surface area contributed by atoms with Crippen molar-refractivity contribution in [3.8, 4) is 0 Å². The summed E-state index contributed by atoms with van der Waals surface area (Å²) in [5.41, 5.74) is 1.75. The van der Waals surface area contributed by atoms with Crippen LogP contribution in [0.25, 0.3) is 0 Å². The molecule has 0 amide bonds. The van der Waals surface area contributed by atoms with E-state index in [0.717, 1.165) is 5.56 Å². The monoisotopic (exact) mass is 305 g/mol. The highest BCUT2D eigenvalue weighted by Gasteiger charge is 2.23. The lowest BCUT2D eigenvalue weighted by Gasteiger charge is -2.23. The minimum absolute atomic E-state index is 0.226. The van der Waals surface area contributed by atoms with Gasteiger partial charge in [-0.2, -0.15) is 0 Å². The summed E-state index contributed by atoms with van der Waals surface area (Å²) >= 11 is 0. The fourth-order valence-electron chi connectivity index (χ4n) is 2.04. The second kappa shape index (κ2) is 6.13. The fourth-order valence-corrected chi connectivity index (χ4v) is 3.52. The van der Waals surface area contributed by atoms with E-state index < -0.39 is 10.0 Å². The van der Waals surface area contributed by atoms with Gasteiger partial charge in [0, 0.05) is 25.9 Å². The van der Waals surface area contributed by atoms with Crippen LogP contribution in [-0.2, 0) is 10.0 Å². The van der Waals surface area contributed by atoms with Crippen LogP contribution in [0.2, 0.25) is 0 Å². The van der Waals surface area contributed by atoms with E-state index in [1.165, 1.54) is 22.6 Å². The van der Waals surface area contributed by atoms with E-state index in [2.05, 4.69) is 10.3 Å². The normalized spacial score (nSPS) is 11.2. The first-order valence-electron chi connectivity index (χ1n) is 6.72. The molecule has 1 aromatic carbocycles. The van der Waals surface area contributed by atoms with Gasteiger partial charge in [0.1, 0.15) is 5.82 Å². The zero-order valence-corrected chi connectivity index (χ0v) is 13.2. The molecule has 0 spiro atoms. The quantitative estimate of drug-likeness (QED) is 0.922. The first-order valence-corrected chi connectivity index (χ1v) is 8.16. The molecule has 0 saturated heterocycles. The third kappa shape index (κ3) is 3.16. The minimum Gasteiger partial charge on any atom is -0.373 e. The highest BCUT2D eigenvalue weighted by molar-refractivity contribution is 7.92. The molecule has 0 saturated carbocycles. The summed E-state index contributed by atoms with van der Waals surface area (Å²) in [6.45, 7) is 4.15. The van der Waals surface area contributed by atoms with E-state index in [-0.39, 0.29) is 4.90 Å². The maximum absolute atomic E-state index is 12.8. The van der Waals surface area contributed by atoms with Crippen LogP contribution in [0.1, 0.15) is 12.5 Å². The molecule has 0 atom stereocenters. The van der Waals surface area contributed by atoms with Crippen molar-refractivity contribution < 1.29 is 8.42 Å². The van der Waals surface area contributed by atoms with Crippen LogP contribution in [-0.4, -0.2) is 27.0 Å². The molecule has 0 aliphatic rings. The molecule has 5 nitrogen and oxygen atoms in total. The third-order valence-corrected chi connectivity index (χ3v) is 5.08. The van der Waals surface area contributed by atoms with Gasteiger partial charge < -0.3 is 5.32 Å². The standard InChI is InChI=1S/C15H19N3O2S/c1-4-18(13-7-5-12(2)6-8-13)21(19,20)14-9-10-17-15(11-14)16-3/h5-11H,4H2,1-3H3,(H,16,17). The van der Waals surface area contributed by atoms with Gasteiger partial charge in [0.15, 0.2) is 0 Å². The van der Waals surface area contributed by atoms with Crippen molar-refractivity contribution >= 4 is 21.5 Å². The molecule has 1 aromatic heterocycles. The van der Waals surface area contributed by atoms with Crippen molar-refractivity contribution in [2.75, 3.05) is 23.2 Å². The number of pyridine rings is 1. The summed E-state index contributed by atoms with van der Waals surface area (Å²) in [5.74, 6) is 0.524. The van der Waals surface area contributed by atoms with Gasteiger partial charge in [0.2, 0.25) is 0 Å². The molecule has 0 bridgehead atoms. The molecule has 2 aromatic rings. The van der Waals surface area contributed by atoms with Gasteiger partial charge in [0.25, 0.3) is 10.0 Å². The van der Waals surface area contributed by atoms with E-state index in [1.807, 2.05) is 38.1 Å². The van der Waals surface area contributed by atoms with E-state index in [9.17, 15) is 8.42 Å². The van der Waals surface area contributed by atoms with Gasteiger partial charge in [-0.25, -0.2) is 13.4 Å². The number of hydrogen-bond donors (Lipinski definition) is 1. The first-order chi connectivity index (χ1) is 9.98. The molecule has 0 aliphatic heterocycles. The number of aromatic nitrogens is 1. The zero-order chi connectivity index (χ0) is 15.5. The number of aryl methyl sites for hydroxylation is 1. The number of sulfonamides is 1. The van der Waals surface area contributed by atoms with Gasteiger partial charge in [-0.1, -0.05) is 17.7 Å². The van der Waals surface area contributed by atoms with Crippen LogP contribution in [0, 0.1) is 6.92 Å². The lowest BCUT2D eigenvalue weighted by atomic mass is 10.2. The fraction of sp³-hybridized carbons (Fsp3) is 0.267. The number of nitrogens with zero attached hydrogens (tertiary/aromatic N) is 2. The third-order valence-electron chi connectivity index (χ3n) is 3.18. The Balaban J connectivity index is 2.46. The average Bonchev–Trinajstić information content (AvgIpc) is 2.50. The molecule has 6 heteroatoms. The summed E-state index contributed by atoms with van der Waals surface area (Å²) in [6.07, 6.45) is 1.49. The largest absolute Gasteiger partial charge is 0.373 e. The van der Waals surface area contributed by atoms with Crippen molar-refractivity contribution in [3.05, 3.63) is 48.2 Å². The maximum atomic E-state index is 12.8. The lowest BCUT2D eigenvalue weighted by molar-refractivity contribution is 0.591. The predicted octanol–water partition coefficient (Wildman–Crippen LogP) is 2.65. The number of hydrogen-bond acceptors (Lipinski definition) is 4. The van der Waals surface area contributed by atoms with Crippen molar-refractivity contribution in [2.45, 2.75) is 18.7 Å². The Labute approximate surface area is 125 Å². The molecule has 0 fully saturated rings. The molecule has 0 aliphatic carbocycles. The van der Waals surface area contributed by atoms with Crippen molar-refractivity contribution in [3.63, 3.8) is 0 Å². The summed E-state index contributed by atoms with van der Waals surface area (Å²) in [7, 11) is -1.89. The van der Waals surface area contributed by atoms with Crippen LogP contribution >= 0.6 is 0 Å². The molecule has 1 N–H and O–H groups in total. The molecular formula is C15H19N3O2S. The van der Waals surface area contributed by atoms with Gasteiger partial charge in [-0.15, -0.1) is 0 Å². The Morgan fingerprint density at radius 1 is 1.19 bits per heavy atom. The molecule has 1 heterocycles. The average molecular weight is 305 g/mol. The highest BCUT2D eigenvalue weighted by Crippen LogP contribution is 2.24. The van der Waals surface area contributed by atoms with Gasteiger partial charge >= 0.3 is 0 Å². The first kappa shape index (κ1) is 15.3. The van der Waals surface area contributed by atoms with Crippen LogP contribution in [0.4, 0.5) is 11.5 Å². The minimum atomic E-state index is -3.60.